The molecule has 6 nitrogen and oxygen atoms in total. The molecule has 4 rings (SSSR count). The summed E-state index contributed by atoms with van der Waals surface area (Å²) in [7, 11) is 0. The molecule has 2 heterocycles. The van der Waals surface area contributed by atoms with Gasteiger partial charge in [-0.25, -0.2) is 18.7 Å². The van der Waals surface area contributed by atoms with Gasteiger partial charge in [0.2, 0.25) is 0 Å². The quantitative estimate of drug-likeness (QED) is 0.463. The van der Waals surface area contributed by atoms with E-state index in [1.54, 1.807) is 0 Å². The topological polar surface area (TPSA) is 82.7 Å². The number of benzene rings is 2. The minimum Gasteiger partial charge on any atom is -0.361 e. The van der Waals surface area contributed by atoms with Crippen molar-refractivity contribution < 1.29 is 13.6 Å². The highest BCUT2D eigenvalue weighted by molar-refractivity contribution is 5.93. The lowest BCUT2D eigenvalue weighted by Gasteiger charge is -2.09. The summed E-state index contributed by atoms with van der Waals surface area (Å²) in [5.74, 6) is -1.79. The van der Waals surface area contributed by atoms with Gasteiger partial charge in [0.1, 0.15) is 35.2 Å². The number of aromatic amines is 1. The van der Waals surface area contributed by atoms with Crippen LogP contribution in [0.5, 0.6) is 0 Å². The fourth-order valence-corrected chi connectivity index (χ4v) is 3.03. The van der Waals surface area contributed by atoms with E-state index < -0.39 is 17.5 Å². The lowest BCUT2D eigenvalue weighted by atomic mass is 10.1. The van der Waals surface area contributed by atoms with Crippen LogP contribution in [0.2, 0.25) is 0 Å². The number of H-pyrrole nitrogens is 1. The number of halogens is 2. The summed E-state index contributed by atoms with van der Waals surface area (Å²) in [4.78, 5) is 23.4. The Morgan fingerprint density at radius 2 is 1.83 bits per heavy atom. The maximum atomic E-state index is 13.8. The second-order valence-electron chi connectivity index (χ2n) is 6.38. The number of rotatable bonds is 6. The van der Waals surface area contributed by atoms with Crippen LogP contribution in [0.1, 0.15) is 16.1 Å². The highest BCUT2D eigenvalue weighted by Gasteiger charge is 2.12. The van der Waals surface area contributed by atoms with E-state index in [2.05, 4.69) is 25.6 Å². The highest BCUT2D eigenvalue weighted by atomic mass is 19.1. The number of anilines is 2. The minimum absolute atomic E-state index is 0.0955. The molecular weight excluding hydrogens is 376 g/mol. The summed E-state index contributed by atoms with van der Waals surface area (Å²) in [6, 6.07) is 12.8. The molecule has 2 aromatic carbocycles. The molecule has 0 aliphatic rings. The van der Waals surface area contributed by atoms with E-state index in [4.69, 9.17) is 0 Å². The zero-order valence-electron chi connectivity index (χ0n) is 15.2. The molecule has 3 N–H and O–H groups in total. The van der Waals surface area contributed by atoms with Crippen molar-refractivity contribution in [3.05, 3.63) is 83.9 Å². The van der Waals surface area contributed by atoms with Crippen molar-refractivity contribution in [1.29, 1.82) is 0 Å². The number of carbonyl (C=O) groups is 1. The van der Waals surface area contributed by atoms with Gasteiger partial charge in [-0.2, -0.15) is 0 Å². The number of hydrogen-bond donors (Lipinski definition) is 3. The second-order valence-corrected chi connectivity index (χ2v) is 6.38. The third-order valence-electron chi connectivity index (χ3n) is 4.47. The van der Waals surface area contributed by atoms with Gasteiger partial charge in [0, 0.05) is 29.7 Å². The molecule has 0 saturated carbocycles. The number of amides is 1. The lowest BCUT2D eigenvalue weighted by Crippen LogP contribution is -2.26. The number of aromatic nitrogens is 3. The molecule has 29 heavy (non-hydrogen) atoms. The molecule has 146 valence electrons. The van der Waals surface area contributed by atoms with Gasteiger partial charge in [0.15, 0.2) is 0 Å². The SMILES string of the molecule is O=C(NCCc1c[nH]c2ccccc12)c1cc(Nc2c(F)cccc2F)ncn1. The van der Waals surface area contributed by atoms with Crippen molar-refractivity contribution in [1.82, 2.24) is 20.3 Å². The molecule has 0 atom stereocenters. The number of nitrogens with zero attached hydrogens (tertiary/aromatic N) is 2. The van der Waals surface area contributed by atoms with Crippen LogP contribution in [0.4, 0.5) is 20.3 Å². The van der Waals surface area contributed by atoms with E-state index in [9.17, 15) is 13.6 Å². The molecule has 0 bridgehead atoms. The molecule has 2 aromatic heterocycles. The molecule has 1 amide bonds. The van der Waals surface area contributed by atoms with Crippen LogP contribution >= 0.6 is 0 Å². The Balaban J connectivity index is 1.41. The first-order valence-electron chi connectivity index (χ1n) is 8.98. The molecule has 0 spiro atoms. The lowest BCUT2D eigenvalue weighted by molar-refractivity contribution is 0.0949. The van der Waals surface area contributed by atoms with Gasteiger partial charge in [-0.1, -0.05) is 24.3 Å². The van der Waals surface area contributed by atoms with Crippen molar-refractivity contribution in [3.8, 4) is 0 Å². The molecule has 4 aromatic rings. The third-order valence-corrected chi connectivity index (χ3v) is 4.47. The van der Waals surface area contributed by atoms with E-state index in [-0.39, 0.29) is 17.2 Å². The highest BCUT2D eigenvalue weighted by Crippen LogP contribution is 2.22. The van der Waals surface area contributed by atoms with E-state index in [1.807, 2.05) is 30.5 Å². The van der Waals surface area contributed by atoms with Crippen molar-refractivity contribution in [2.75, 3.05) is 11.9 Å². The first-order valence-corrected chi connectivity index (χ1v) is 8.98. The Kier molecular flexibility index (Phi) is 5.15. The number of nitrogens with one attached hydrogen (secondary N) is 3. The molecule has 0 unspecified atom stereocenters. The first-order chi connectivity index (χ1) is 14.1. The fraction of sp³-hybridized carbons (Fsp3) is 0.0952. The van der Waals surface area contributed by atoms with Crippen LogP contribution in [0.25, 0.3) is 10.9 Å². The summed E-state index contributed by atoms with van der Waals surface area (Å²) in [6.45, 7) is 0.412. The van der Waals surface area contributed by atoms with E-state index in [0.717, 1.165) is 34.9 Å². The van der Waals surface area contributed by atoms with Crippen molar-refractivity contribution in [2.45, 2.75) is 6.42 Å². The van der Waals surface area contributed by atoms with Crippen LogP contribution in [-0.2, 0) is 6.42 Å². The largest absolute Gasteiger partial charge is 0.361 e. The van der Waals surface area contributed by atoms with Crippen LogP contribution in [0.3, 0.4) is 0 Å². The summed E-state index contributed by atoms with van der Waals surface area (Å²) in [5, 5.41) is 6.46. The van der Waals surface area contributed by atoms with Crippen LogP contribution in [0, 0.1) is 11.6 Å². The molecule has 0 aliphatic heterocycles. The third kappa shape index (κ3) is 4.06. The van der Waals surface area contributed by atoms with Crippen molar-refractivity contribution >= 4 is 28.3 Å². The standard InChI is InChI=1S/C21H17F2N5O/c22-15-5-3-6-16(23)20(15)28-19-10-18(26-12-27-19)21(29)24-9-8-13-11-25-17-7-2-1-4-14(13)17/h1-7,10-12,25H,8-9H2,(H,24,29)(H,26,27,28). The van der Waals surface area contributed by atoms with Crippen molar-refractivity contribution in [2.24, 2.45) is 0 Å². The summed E-state index contributed by atoms with van der Waals surface area (Å²) >= 11 is 0. The summed E-state index contributed by atoms with van der Waals surface area (Å²) < 4.78 is 27.6. The van der Waals surface area contributed by atoms with Gasteiger partial charge >= 0.3 is 0 Å². The average molecular weight is 393 g/mol. The molecule has 0 aliphatic carbocycles. The minimum atomic E-state index is -0.756. The molecule has 0 saturated heterocycles. The average Bonchev–Trinajstić information content (AvgIpc) is 3.14. The number of carbonyl (C=O) groups excluding carboxylic acids is 1. The van der Waals surface area contributed by atoms with E-state index >= 15 is 0 Å². The van der Waals surface area contributed by atoms with Gasteiger partial charge in [0.05, 0.1) is 0 Å². The zero-order valence-corrected chi connectivity index (χ0v) is 15.2. The second kappa shape index (κ2) is 8.05. The smallest absolute Gasteiger partial charge is 0.270 e. The monoisotopic (exact) mass is 393 g/mol. The normalized spacial score (nSPS) is 10.8. The zero-order chi connectivity index (χ0) is 20.2. The summed E-state index contributed by atoms with van der Waals surface area (Å²) in [5.41, 5.74) is 1.90. The fourth-order valence-electron chi connectivity index (χ4n) is 3.03. The summed E-state index contributed by atoms with van der Waals surface area (Å²) in [6.07, 6.45) is 3.73. The number of hydrogen-bond acceptors (Lipinski definition) is 4. The Morgan fingerprint density at radius 3 is 2.66 bits per heavy atom. The van der Waals surface area contributed by atoms with Gasteiger partial charge in [-0.05, 0) is 30.2 Å². The van der Waals surface area contributed by atoms with Gasteiger partial charge < -0.3 is 15.6 Å². The molecule has 0 fully saturated rings. The van der Waals surface area contributed by atoms with Crippen molar-refractivity contribution in [3.63, 3.8) is 0 Å². The van der Waals surface area contributed by atoms with Gasteiger partial charge in [0.25, 0.3) is 5.91 Å². The van der Waals surface area contributed by atoms with Crippen LogP contribution in [-0.4, -0.2) is 27.4 Å². The Bertz CT molecular complexity index is 1150. The maximum absolute atomic E-state index is 13.8. The first kappa shape index (κ1) is 18.5. The van der Waals surface area contributed by atoms with Gasteiger partial charge in [-0.15, -0.1) is 0 Å². The molecular formula is C21H17F2N5O. The Morgan fingerprint density at radius 1 is 1.03 bits per heavy atom. The predicted molar refractivity (Wildman–Crippen MR) is 106 cm³/mol. The molecule has 0 radical (unpaired) electrons. The number of fused-ring (bicyclic) bond motifs is 1. The van der Waals surface area contributed by atoms with Gasteiger partial charge in [-0.3, -0.25) is 4.79 Å². The van der Waals surface area contributed by atoms with Crippen LogP contribution in [0.15, 0.2) is 61.1 Å². The van der Waals surface area contributed by atoms with Crippen LogP contribution < -0.4 is 10.6 Å². The Hall–Kier alpha value is -3.81. The molecule has 8 heteroatoms. The Labute approximate surface area is 165 Å². The van der Waals surface area contributed by atoms with E-state index in [0.29, 0.717) is 13.0 Å². The predicted octanol–water partition coefficient (Wildman–Crippen LogP) is 3.95. The number of para-hydroxylation sites is 2. The van der Waals surface area contributed by atoms with E-state index in [1.165, 1.54) is 12.1 Å². The maximum Gasteiger partial charge on any atom is 0.270 e.